The van der Waals surface area contributed by atoms with E-state index < -0.39 is 0 Å². The van der Waals surface area contributed by atoms with Crippen molar-refractivity contribution < 1.29 is 4.74 Å². The molecule has 1 aliphatic rings. The molecule has 0 N–H and O–H groups in total. The molecule has 0 atom stereocenters. The number of hydrogen-bond donors (Lipinski definition) is 0. The smallest absolute Gasteiger partial charge is 0.289 e. The van der Waals surface area contributed by atoms with E-state index in [1.807, 2.05) is 24.3 Å². The summed E-state index contributed by atoms with van der Waals surface area (Å²) in [4.78, 5) is 0. The second-order valence-corrected chi connectivity index (χ2v) is 1.43. The first-order valence-electron chi connectivity index (χ1n) is 2.44. The monoisotopic (exact) mass is 107 g/mol. The van der Waals surface area contributed by atoms with Gasteiger partial charge in [0.1, 0.15) is 6.08 Å². The fourth-order valence-corrected chi connectivity index (χ4v) is 0.504. The van der Waals surface area contributed by atoms with Crippen molar-refractivity contribution in [1.29, 1.82) is 0 Å². The Labute approximate surface area is 49.0 Å². The van der Waals surface area contributed by atoms with Crippen molar-refractivity contribution in [3.63, 3.8) is 0 Å². The Balaban J connectivity index is 2.68. The molecule has 0 aromatic carbocycles. The maximum atomic E-state index is 4.86. The first kappa shape index (κ1) is 5.07. The molecule has 0 aromatic heterocycles. The largest absolute Gasteiger partial charge is 0.469 e. The Bertz CT molecular complexity index is 152. The Morgan fingerprint density at radius 3 is 2.75 bits per heavy atom. The van der Waals surface area contributed by atoms with Crippen LogP contribution in [-0.2, 0) is 4.74 Å². The van der Waals surface area contributed by atoms with Gasteiger partial charge in [0.15, 0.2) is 0 Å². The molecule has 0 amide bonds. The highest BCUT2D eigenvalue weighted by atomic mass is 16.5. The topological polar surface area (TPSA) is 9.23 Å². The van der Waals surface area contributed by atoms with Gasteiger partial charge >= 0.3 is 0 Å². The number of hydrogen-bond acceptors (Lipinski definition) is 1. The van der Waals surface area contributed by atoms with Gasteiger partial charge in [-0.05, 0) is 0 Å². The van der Waals surface area contributed by atoms with E-state index in [9.17, 15) is 0 Å². The van der Waals surface area contributed by atoms with Crippen LogP contribution in [0.15, 0.2) is 30.1 Å². The lowest BCUT2D eigenvalue weighted by Gasteiger charge is -1.88. The quantitative estimate of drug-likeness (QED) is 0.461. The Hall–Kier alpha value is -1.07. The molecule has 0 saturated carbocycles. The van der Waals surface area contributed by atoms with E-state index in [-0.39, 0.29) is 0 Å². The highest BCUT2D eigenvalue weighted by molar-refractivity contribution is 5.23. The number of methoxy groups -OCH3 is 1. The van der Waals surface area contributed by atoms with Gasteiger partial charge in [0.2, 0.25) is 0 Å². The maximum absolute atomic E-state index is 4.86. The molecule has 0 bridgehead atoms. The number of allylic oxidation sites excluding steroid dienone is 5. The van der Waals surface area contributed by atoms with Crippen molar-refractivity contribution in [1.82, 2.24) is 0 Å². The van der Waals surface area contributed by atoms with Gasteiger partial charge < -0.3 is 4.74 Å². The second kappa shape index (κ2) is 2.29. The van der Waals surface area contributed by atoms with Crippen molar-refractivity contribution in [2.24, 2.45) is 0 Å². The molecule has 8 heavy (non-hydrogen) atoms. The molecule has 0 aliphatic heterocycles. The van der Waals surface area contributed by atoms with Crippen LogP contribution in [-0.4, -0.2) is 7.11 Å². The summed E-state index contributed by atoms with van der Waals surface area (Å²) in [6, 6.07) is 0. The number of rotatable bonds is 1. The summed E-state index contributed by atoms with van der Waals surface area (Å²) in [5.41, 5.74) is 0. The summed E-state index contributed by atoms with van der Waals surface area (Å²) >= 11 is 0. The Morgan fingerprint density at radius 1 is 1.50 bits per heavy atom. The minimum absolute atomic E-state index is 0.785. The average Bonchev–Trinajstić information content (AvgIpc) is 1.90. The normalized spacial score (nSPS) is 14.9. The van der Waals surface area contributed by atoms with Gasteiger partial charge in [-0.3, -0.25) is 0 Å². The number of ether oxygens (including phenoxy) is 1. The maximum Gasteiger partial charge on any atom is 0.289 e. The first-order chi connectivity index (χ1) is 3.93. The molecule has 0 radical (unpaired) electrons. The van der Waals surface area contributed by atoms with Crippen molar-refractivity contribution >= 4 is 0 Å². The zero-order valence-electron chi connectivity index (χ0n) is 4.72. The molecule has 0 saturated heterocycles. The molecule has 1 heteroatoms. The van der Waals surface area contributed by atoms with Crippen LogP contribution in [0.5, 0.6) is 0 Å². The summed E-state index contributed by atoms with van der Waals surface area (Å²) < 4.78 is 4.86. The molecule has 1 rings (SSSR count). The third kappa shape index (κ3) is 0.955. The molecule has 0 heterocycles. The molecular formula is C7H7O+. The van der Waals surface area contributed by atoms with Crippen LogP contribution in [0.4, 0.5) is 0 Å². The molecule has 0 unspecified atom stereocenters. The van der Waals surface area contributed by atoms with Gasteiger partial charge in [0, 0.05) is 6.08 Å². The highest BCUT2D eigenvalue weighted by Gasteiger charge is 1.98. The van der Waals surface area contributed by atoms with Gasteiger partial charge in [-0.2, -0.15) is 0 Å². The molecule has 1 nitrogen and oxygen atoms in total. The minimum Gasteiger partial charge on any atom is -0.469 e. The molecule has 0 aromatic rings. The summed E-state index contributed by atoms with van der Waals surface area (Å²) in [6.45, 7) is 0. The predicted molar refractivity (Wildman–Crippen MR) is 32.0 cm³/mol. The van der Waals surface area contributed by atoms with E-state index in [4.69, 9.17) is 4.74 Å². The van der Waals surface area contributed by atoms with Crippen LogP contribution >= 0.6 is 0 Å². The van der Waals surface area contributed by atoms with Crippen molar-refractivity contribution in [3.8, 4) is 0 Å². The van der Waals surface area contributed by atoms with E-state index in [0.29, 0.717) is 0 Å². The van der Waals surface area contributed by atoms with Crippen LogP contribution in [0.25, 0.3) is 0 Å². The molecular weight excluding hydrogens is 100 g/mol. The predicted octanol–water partition coefficient (Wildman–Crippen LogP) is 1.45. The standard InChI is InChI=1S/C7H7O/c1-8-7-5-3-2-4-6-7/h2-5H,1H3/q+1. The lowest BCUT2D eigenvalue weighted by Crippen LogP contribution is -1.82. The van der Waals surface area contributed by atoms with Crippen LogP contribution in [0.1, 0.15) is 0 Å². The van der Waals surface area contributed by atoms with E-state index in [1.54, 1.807) is 7.11 Å². The zero-order valence-corrected chi connectivity index (χ0v) is 4.72. The Kier molecular flexibility index (Phi) is 1.45. The van der Waals surface area contributed by atoms with E-state index in [0.717, 1.165) is 5.76 Å². The lowest BCUT2D eigenvalue weighted by atomic mass is 10.3. The fourth-order valence-electron chi connectivity index (χ4n) is 0.504. The first-order valence-corrected chi connectivity index (χ1v) is 2.44. The molecule has 40 valence electrons. The van der Waals surface area contributed by atoms with E-state index in [2.05, 4.69) is 6.08 Å². The van der Waals surface area contributed by atoms with Crippen molar-refractivity contribution in [2.75, 3.05) is 7.11 Å². The summed E-state index contributed by atoms with van der Waals surface area (Å²) in [7, 11) is 1.63. The SMILES string of the molecule is COC1=CC=CC=[C+]1. The van der Waals surface area contributed by atoms with Crippen molar-refractivity contribution in [2.45, 2.75) is 0 Å². The average molecular weight is 107 g/mol. The summed E-state index contributed by atoms with van der Waals surface area (Å²) in [6.07, 6.45) is 10.4. The lowest BCUT2D eigenvalue weighted by molar-refractivity contribution is 0.303. The van der Waals surface area contributed by atoms with Crippen molar-refractivity contribution in [3.05, 3.63) is 36.1 Å². The van der Waals surface area contributed by atoms with Crippen LogP contribution < -0.4 is 0 Å². The van der Waals surface area contributed by atoms with Gasteiger partial charge in [0.05, 0.1) is 25.3 Å². The summed E-state index contributed by atoms with van der Waals surface area (Å²) in [5, 5.41) is 0. The van der Waals surface area contributed by atoms with Crippen LogP contribution in [0.3, 0.4) is 0 Å². The molecule has 0 spiro atoms. The second-order valence-electron chi connectivity index (χ2n) is 1.43. The highest BCUT2D eigenvalue weighted by Crippen LogP contribution is 2.00. The van der Waals surface area contributed by atoms with Gasteiger partial charge in [-0.1, -0.05) is 0 Å². The third-order valence-electron chi connectivity index (χ3n) is 0.900. The molecule has 1 aliphatic carbocycles. The Morgan fingerprint density at radius 2 is 2.38 bits per heavy atom. The summed E-state index contributed by atoms with van der Waals surface area (Å²) in [5.74, 6) is 0.785. The molecule has 0 fully saturated rings. The van der Waals surface area contributed by atoms with Crippen LogP contribution in [0, 0.1) is 6.08 Å². The van der Waals surface area contributed by atoms with Gasteiger partial charge in [0.25, 0.3) is 5.76 Å². The van der Waals surface area contributed by atoms with E-state index >= 15 is 0 Å². The fraction of sp³-hybridized carbons (Fsp3) is 0.143. The third-order valence-corrected chi connectivity index (χ3v) is 0.900. The van der Waals surface area contributed by atoms with Gasteiger partial charge in [-0.25, -0.2) is 0 Å². The minimum atomic E-state index is 0.785. The van der Waals surface area contributed by atoms with Gasteiger partial charge in [-0.15, -0.1) is 0 Å². The zero-order chi connectivity index (χ0) is 5.82. The van der Waals surface area contributed by atoms with Crippen LogP contribution in [0.2, 0.25) is 0 Å². The van der Waals surface area contributed by atoms with E-state index in [1.165, 1.54) is 0 Å².